The Balaban J connectivity index is 2.45. The summed E-state index contributed by atoms with van der Waals surface area (Å²) in [4.78, 5) is 11.8. The third-order valence-electron chi connectivity index (χ3n) is 3.28. The zero-order valence-corrected chi connectivity index (χ0v) is 11.4. The van der Waals surface area contributed by atoms with Gasteiger partial charge in [0.15, 0.2) is 0 Å². The smallest absolute Gasteiger partial charge is 0.223 e. The van der Waals surface area contributed by atoms with Gasteiger partial charge in [-0.25, -0.2) is 0 Å². The molecular formula is C15H24N2O. The Kier molecular flexibility index (Phi) is 6.44. The Morgan fingerprint density at radius 3 is 2.22 bits per heavy atom. The van der Waals surface area contributed by atoms with E-state index in [0.717, 1.165) is 24.8 Å². The van der Waals surface area contributed by atoms with Crippen molar-refractivity contribution in [2.45, 2.75) is 39.7 Å². The molecule has 0 aliphatic heterocycles. The van der Waals surface area contributed by atoms with Gasteiger partial charge in [0, 0.05) is 12.5 Å². The van der Waals surface area contributed by atoms with Gasteiger partial charge in [-0.3, -0.25) is 4.79 Å². The van der Waals surface area contributed by atoms with Gasteiger partial charge in [-0.1, -0.05) is 38.1 Å². The Morgan fingerprint density at radius 2 is 1.72 bits per heavy atom. The first-order valence-electron chi connectivity index (χ1n) is 6.76. The summed E-state index contributed by atoms with van der Waals surface area (Å²) in [6.07, 6.45) is 2.70. The van der Waals surface area contributed by atoms with Gasteiger partial charge >= 0.3 is 0 Å². The van der Waals surface area contributed by atoms with Gasteiger partial charge in [0.25, 0.3) is 0 Å². The second kappa shape index (κ2) is 7.88. The number of carbonyl (C=O) groups is 1. The van der Waals surface area contributed by atoms with E-state index in [2.05, 4.69) is 43.4 Å². The van der Waals surface area contributed by atoms with Crippen LogP contribution in [0, 0.1) is 5.92 Å². The first-order valence-corrected chi connectivity index (χ1v) is 6.76. The van der Waals surface area contributed by atoms with Crippen LogP contribution in [-0.2, 0) is 17.8 Å². The Hall–Kier alpha value is -1.35. The molecule has 100 valence electrons. The third kappa shape index (κ3) is 4.49. The van der Waals surface area contributed by atoms with E-state index in [0.29, 0.717) is 13.1 Å². The fourth-order valence-electron chi connectivity index (χ4n) is 1.98. The summed E-state index contributed by atoms with van der Waals surface area (Å²) in [6.45, 7) is 5.38. The van der Waals surface area contributed by atoms with Gasteiger partial charge in [0.1, 0.15) is 0 Å². The van der Waals surface area contributed by atoms with Crippen LogP contribution in [0.2, 0.25) is 0 Å². The van der Waals surface area contributed by atoms with Crippen LogP contribution in [0.15, 0.2) is 24.3 Å². The molecule has 0 bridgehead atoms. The number of carbonyl (C=O) groups excluding carboxylic acids is 1. The highest BCUT2D eigenvalue weighted by Gasteiger charge is 2.12. The summed E-state index contributed by atoms with van der Waals surface area (Å²) >= 11 is 0. The van der Waals surface area contributed by atoms with E-state index in [1.165, 1.54) is 5.56 Å². The molecule has 0 atom stereocenters. The van der Waals surface area contributed by atoms with E-state index in [1.807, 2.05) is 0 Å². The van der Waals surface area contributed by atoms with Crippen LogP contribution in [0.4, 0.5) is 0 Å². The molecule has 1 rings (SSSR count). The van der Waals surface area contributed by atoms with Crippen molar-refractivity contribution < 1.29 is 4.79 Å². The first kappa shape index (κ1) is 14.7. The number of benzene rings is 1. The molecule has 3 heteroatoms. The van der Waals surface area contributed by atoms with Crippen molar-refractivity contribution in [1.29, 1.82) is 0 Å². The maximum atomic E-state index is 11.8. The average molecular weight is 248 g/mol. The van der Waals surface area contributed by atoms with Crippen molar-refractivity contribution >= 4 is 5.91 Å². The minimum atomic E-state index is 0.140. The van der Waals surface area contributed by atoms with Crippen molar-refractivity contribution in [3.63, 3.8) is 0 Å². The van der Waals surface area contributed by atoms with Crippen LogP contribution in [0.3, 0.4) is 0 Å². The minimum Gasteiger partial charge on any atom is -0.352 e. The molecule has 3 nitrogen and oxygen atoms in total. The fourth-order valence-corrected chi connectivity index (χ4v) is 1.98. The minimum absolute atomic E-state index is 0.140. The molecule has 3 N–H and O–H groups in total. The van der Waals surface area contributed by atoms with E-state index in [4.69, 9.17) is 5.73 Å². The Morgan fingerprint density at radius 1 is 1.17 bits per heavy atom. The molecule has 1 amide bonds. The molecule has 0 saturated carbocycles. The summed E-state index contributed by atoms with van der Waals surface area (Å²) in [6, 6.07) is 8.26. The molecule has 1 aromatic carbocycles. The van der Waals surface area contributed by atoms with E-state index in [9.17, 15) is 4.79 Å². The maximum absolute atomic E-state index is 11.8. The second-order valence-corrected chi connectivity index (χ2v) is 4.59. The predicted octanol–water partition coefficient (Wildman–Crippen LogP) is 2.24. The lowest BCUT2D eigenvalue weighted by Crippen LogP contribution is -2.29. The monoisotopic (exact) mass is 248 g/mol. The molecular weight excluding hydrogens is 224 g/mol. The Bertz CT molecular complexity index is 355. The predicted molar refractivity (Wildman–Crippen MR) is 75.1 cm³/mol. The molecule has 0 saturated heterocycles. The molecule has 0 fully saturated rings. The van der Waals surface area contributed by atoms with Gasteiger partial charge in [-0.15, -0.1) is 0 Å². The number of hydrogen-bond acceptors (Lipinski definition) is 2. The van der Waals surface area contributed by atoms with Crippen molar-refractivity contribution in [3.8, 4) is 0 Å². The average Bonchev–Trinajstić information content (AvgIpc) is 2.40. The number of nitrogens with one attached hydrogen (secondary N) is 1. The molecule has 0 aliphatic rings. The molecule has 1 aromatic rings. The Labute approximate surface area is 110 Å². The van der Waals surface area contributed by atoms with Gasteiger partial charge in [0.2, 0.25) is 5.91 Å². The van der Waals surface area contributed by atoms with Crippen molar-refractivity contribution in [2.24, 2.45) is 11.7 Å². The summed E-state index contributed by atoms with van der Waals surface area (Å²) in [7, 11) is 0. The quantitative estimate of drug-likeness (QED) is 0.777. The van der Waals surface area contributed by atoms with Crippen LogP contribution < -0.4 is 11.1 Å². The largest absolute Gasteiger partial charge is 0.352 e. The van der Waals surface area contributed by atoms with Crippen LogP contribution >= 0.6 is 0 Å². The zero-order chi connectivity index (χ0) is 13.4. The topological polar surface area (TPSA) is 55.1 Å². The molecule has 18 heavy (non-hydrogen) atoms. The van der Waals surface area contributed by atoms with Gasteiger partial charge in [-0.2, -0.15) is 0 Å². The lowest BCUT2D eigenvalue weighted by Gasteiger charge is -2.12. The number of amides is 1. The molecule has 0 heterocycles. The number of rotatable bonds is 7. The normalized spacial score (nSPS) is 10.7. The van der Waals surface area contributed by atoms with Gasteiger partial charge in [0.05, 0.1) is 0 Å². The van der Waals surface area contributed by atoms with Crippen LogP contribution in [0.1, 0.15) is 37.8 Å². The fraction of sp³-hybridized carbons (Fsp3) is 0.533. The SMILES string of the molecule is CCC(CC)C(=O)NCc1ccc(CCN)cc1. The van der Waals surface area contributed by atoms with Crippen molar-refractivity contribution in [3.05, 3.63) is 35.4 Å². The first-order chi connectivity index (χ1) is 8.71. The molecule has 0 radical (unpaired) electrons. The number of hydrogen-bond donors (Lipinski definition) is 2. The van der Waals surface area contributed by atoms with E-state index in [1.54, 1.807) is 0 Å². The highest BCUT2D eigenvalue weighted by Crippen LogP contribution is 2.09. The molecule has 0 aliphatic carbocycles. The standard InChI is InChI=1S/C15H24N2O/c1-3-14(4-2)15(18)17-11-13-7-5-12(6-8-13)9-10-16/h5-8,14H,3-4,9-11,16H2,1-2H3,(H,17,18). The molecule has 0 unspecified atom stereocenters. The van der Waals surface area contributed by atoms with Crippen molar-refractivity contribution in [2.75, 3.05) is 6.54 Å². The summed E-state index contributed by atoms with van der Waals surface area (Å²) in [5, 5.41) is 2.99. The second-order valence-electron chi connectivity index (χ2n) is 4.59. The summed E-state index contributed by atoms with van der Waals surface area (Å²) in [5.41, 5.74) is 7.88. The molecule has 0 spiro atoms. The maximum Gasteiger partial charge on any atom is 0.223 e. The van der Waals surface area contributed by atoms with Crippen LogP contribution in [-0.4, -0.2) is 12.5 Å². The molecule has 0 aromatic heterocycles. The summed E-state index contributed by atoms with van der Waals surface area (Å²) in [5.74, 6) is 0.299. The van der Waals surface area contributed by atoms with E-state index >= 15 is 0 Å². The van der Waals surface area contributed by atoms with Crippen LogP contribution in [0.5, 0.6) is 0 Å². The number of nitrogens with two attached hydrogens (primary N) is 1. The van der Waals surface area contributed by atoms with E-state index in [-0.39, 0.29) is 11.8 Å². The lowest BCUT2D eigenvalue weighted by molar-refractivity contribution is -0.125. The lowest BCUT2D eigenvalue weighted by atomic mass is 10.0. The highest BCUT2D eigenvalue weighted by molar-refractivity contribution is 5.78. The van der Waals surface area contributed by atoms with Crippen molar-refractivity contribution in [1.82, 2.24) is 5.32 Å². The third-order valence-corrected chi connectivity index (χ3v) is 3.28. The van der Waals surface area contributed by atoms with Crippen LogP contribution in [0.25, 0.3) is 0 Å². The van der Waals surface area contributed by atoms with Gasteiger partial charge < -0.3 is 11.1 Å². The zero-order valence-electron chi connectivity index (χ0n) is 11.4. The summed E-state index contributed by atoms with van der Waals surface area (Å²) < 4.78 is 0. The van der Waals surface area contributed by atoms with Gasteiger partial charge in [-0.05, 0) is 36.9 Å². The highest BCUT2D eigenvalue weighted by atomic mass is 16.1. The van der Waals surface area contributed by atoms with E-state index < -0.39 is 0 Å².